The van der Waals surface area contributed by atoms with Gasteiger partial charge in [-0.15, -0.1) is 0 Å². The van der Waals surface area contributed by atoms with Crippen LogP contribution in [0.25, 0.3) is 0 Å². The van der Waals surface area contributed by atoms with E-state index in [0.717, 1.165) is 18.5 Å². The fraction of sp³-hybridized carbons (Fsp3) is 0.167. The standard InChI is InChI=1S/C12H8Cl2F3N3O/c1-21-9-10(14)18-5-19-11(9)20-8-3-6(12(15,16)17)2-7(13)4-8/h2-5H,1H3,(H,18,19,20). The minimum absolute atomic E-state index is 0.0353. The number of benzene rings is 1. The summed E-state index contributed by atoms with van der Waals surface area (Å²) in [6.45, 7) is 0. The number of halogens is 5. The quantitative estimate of drug-likeness (QED) is 0.834. The molecule has 0 bridgehead atoms. The summed E-state index contributed by atoms with van der Waals surface area (Å²) in [7, 11) is 1.34. The van der Waals surface area contributed by atoms with Gasteiger partial charge in [0.2, 0.25) is 0 Å². The lowest BCUT2D eigenvalue weighted by molar-refractivity contribution is -0.137. The molecule has 2 aromatic rings. The lowest BCUT2D eigenvalue weighted by Crippen LogP contribution is -2.06. The van der Waals surface area contributed by atoms with Crippen LogP contribution in [0.15, 0.2) is 24.5 Å². The first-order valence-corrected chi connectivity index (χ1v) is 6.26. The highest BCUT2D eigenvalue weighted by atomic mass is 35.5. The second kappa shape index (κ2) is 5.95. The summed E-state index contributed by atoms with van der Waals surface area (Å²) < 4.78 is 43.2. The molecule has 1 aromatic carbocycles. The molecule has 0 spiro atoms. The van der Waals surface area contributed by atoms with Crippen molar-refractivity contribution < 1.29 is 17.9 Å². The highest BCUT2D eigenvalue weighted by molar-refractivity contribution is 6.31. The third kappa shape index (κ3) is 3.68. The molecule has 0 radical (unpaired) electrons. The smallest absolute Gasteiger partial charge is 0.416 e. The van der Waals surface area contributed by atoms with Gasteiger partial charge in [0.25, 0.3) is 0 Å². The molecular formula is C12H8Cl2F3N3O. The molecule has 0 aliphatic heterocycles. The molecular weight excluding hydrogens is 330 g/mol. The molecule has 0 amide bonds. The van der Waals surface area contributed by atoms with Crippen molar-refractivity contribution in [3.8, 4) is 5.75 Å². The van der Waals surface area contributed by atoms with Gasteiger partial charge in [-0.1, -0.05) is 23.2 Å². The fourth-order valence-corrected chi connectivity index (χ4v) is 2.03. The van der Waals surface area contributed by atoms with Crippen LogP contribution < -0.4 is 10.1 Å². The Labute approximate surface area is 127 Å². The van der Waals surface area contributed by atoms with Gasteiger partial charge < -0.3 is 10.1 Å². The van der Waals surface area contributed by atoms with E-state index in [0.29, 0.717) is 0 Å². The van der Waals surface area contributed by atoms with Crippen molar-refractivity contribution in [1.82, 2.24) is 9.97 Å². The number of nitrogens with zero attached hydrogens (tertiary/aromatic N) is 2. The van der Waals surface area contributed by atoms with Gasteiger partial charge in [0.15, 0.2) is 16.7 Å². The lowest BCUT2D eigenvalue weighted by atomic mass is 10.2. The fourth-order valence-electron chi connectivity index (χ4n) is 1.58. The summed E-state index contributed by atoms with van der Waals surface area (Å²) in [5.74, 6) is 0.251. The Balaban J connectivity index is 2.41. The largest absolute Gasteiger partial charge is 0.490 e. The van der Waals surface area contributed by atoms with Crippen molar-refractivity contribution in [3.63, 3.8) is 0 Å². The molecule has 4 nitrogen and oxygen atoms in total. The van der Waals surface area contributed by atoms with Crippen molar-refractivity contribution in [1.29, 1.82) is 0 Å². The van der Waals surface area contributed by atoms with Gasteiger partial charge in [-0.05, 0) is 18.2 Å². The summed E-state index contributed by atoms with van der Waals surface area (Å²) in [6, 6.07) is 3.06. The van der Waals surface area contributed by atoms with Crippen LogP contribution in [0.2, 0.25) is 10.2 Å². The van der Waals surface area contributed by atoms with Crippen LogP contribution in [0.3, 0.4) is 0 Å². The third-order valence-corrected chi connectivity index (χ3v) is 2.94. The predicted octanol–water partition coefficient (Wildman–Crippen LogP) is 4.55. The van der Waals surface area contributed by atoms with E-state index < -0.39 is 11.7 Å². The molecule has 1 N–H and O–H groups in total. The van der Waals surface area contributed by atoms with E-state index in [2.05, 4.69) is 15.3 Å². The molecule has 112 valence electrons. The maximum Gasteiger partial charge on any atom is 0.416 e. The number of hydrogen-bond donors (Lipinski definition) is 1. The zero-order valence-electron chi connectivity index (χ0n) is 10.5. The first-order chi connectivity index (χ1) is 9.81. The first-order valence-electron chi connectivity index (χ1n) is 5.50. The maximum atomic E-state index is 12.7. The molecule has 0 saturated carbocycles. The zero-order chi connectivity index (χ0) is 15.6. The van der Waals surface area contributed by atoms with Crippen LogP contribution in [0, 0.1) is 0 Å². The highest BCUT2D eigenvalue weighted by Crippen LogP contribution is 2.36. The lowest BCUT2D eigenvalue weighted by Gasteiger charge is -2.13. The van der Waals surface area contributed by atoms with Crippen molar-refractivity contribution in [2.45, 2.75) is 6.18 Å². The number of nitrogens with one attached hydrogen (secondary N) is 1. The molecule has 0 atom stereocenters. The number of hydrogen-bond acceptors (Lipinski definition) is 4. The van der Waals surface area contributed by atoms with Gasteiger partial charge >= 0.3 is 6.18 Å². The van der Waals surface area contributed by atoms with Gasteiger partial charge in [-0.3, -0.25) is 0 Å². The molecule has 1 aromatic heterocycles. The van der Waals surface area contributed by atoms with Crippen molar-refractivity contribution in [2.24, 2.45) is 0 Å². The number of alkyl halides is 3. The highest BCUT2D eigenvalue weighted by Gasteiger charge is 2.31. The zero-order valence-corrected chi connectivity index (χ0v) is 12.0. The number of ether oxygens (including phenoxy) is 1. The second-order valence-electron chi connectivity index (χ2n) is 3.90. The van der Waals surface area contributed by atoms with E-state index in [1.165, 1.54) is 13.2 Å². The van der Waals surface area contributed by atoms with Gasteiger partial charge in [0.1, 0.15) is 6.33 Å². The third-order valence-electron chi connectivity index (χ3n) is 2.45. The van der Waals surface area contributed by atoms with Gasteiger partial charge in [-0.25, -0.2) is 9.97 Å². The molecule has 0 saturated heterocycles. The van der Waals surface area contributed by atoms with Crippen LogP contribution in [-0.2, 0) is 6.18 Å². The molecule has 0 fully saturated rings. The summed E-state index contributed by atoms with van der Waals surface area (Å²) in [5, 5.41) is 2.64. The summed E-state index contributed by atoms with van der Waals surface area (Å²) >= 11 is 11.5. The SMILES string of the molecule is COc1c(Cl)ncnc1Nc1cc(Cl)cc(C(F)(F)F)c1. The van der Waals surface area contributed by atoms with Gasteiger partial charge in [-0.2, -0.15) is 13.2 Å². The summed E-state index contributed by atoms with van der Waals surface area (Å²) in [4.78, 5) is 7.58. The number of methoxy groups -OCH3 is 1. The Morgan fingerprint density at radius 1 is 1.14 bits per heavy atom. The first kappa shape index (κ1) is 15.7. The van der Waals surface area contributed by atoms with Crippen molar-refractivity contribution >= 4 is 34.7 Å². The summed E-state index contributed by atoms with van der Waals surface area (Å²) in [5.41, 5.74) is -0.778. The molecule has 21 heavy (non-hydrogen) atoms. The minimum Gasteiger partial charge on any atom is -0.490 e. The Morgan fingerprint density at radius 3 is 2.48 bits per heavy atom. The van der Waals surface area contributed by atoms with Crippen LogP contribution in [0.4, 0.5) is 24.7 Å². The Morgan fingerprint density at radius 2 is 1.86 bits per heavy atom. The van der Waals surface area contributed by atoms with Crippen LogP contribution in [0.5, 0.6) is 5.75 Å². The Bertz CT molecular complexity index is 665. The van der Waals surface area contributed by atoms with E-state index in [1.807, 2.05) is 0 Å². The van der Waals surface area contributed by atoms with Crippen molar-refractivity contribution in [3.05, 3.63) is 40.3 Å². The molecule has 0 aliphatic carbocycles. The Hall–Kier alpha value is -1.73. The second-order valence-corrected chi connectivity index (χ2v) is 4.69. The number of aromatic nitrogens is 2. The molecule has 1 heterocycles. The number of anilines is 2. The molecule has 2 rings (SSSR count). The summed E-state index contributed by atoms with van der Waals surface area (Å²) in [6.07, 6.45) is -3.35. The van der Waals surface area contributed by atoms with Gasteiger partial charge in [0.05, 0.1) is 12.7 Å². The van der Waals surface area contributed by atoms with E-state index in [9.17, 15) is 13.2 Å². The van der Waals surface area contributed by atoms with Gasteiger partial charge in [0, 0.05) is 10.7 Å². The van der Waals surface area contributed by atoms with Crippen LogP contribution in [0.1, 0.15) is 5.56 Å². The molecule has 0 unspecified atom stereocenters. The Kier molecular flexibility index (Phi) is 4.43. The average Bonchev–Trinajstić information content (AvgIpc) is 2.37. The van der Waals surface area contributed by atoms with Crippen LogP contribution in [-0.4, -0.2) is 17.1 Å². The molecule has 9 heteroatoms. The number of rotatable bonds is 3. The molecule has 0 aliphatic rings. The predicted molar refractivity (Wildman–Crippen MR) is 73.3 cm³/mol. The van der Waals surface area contributed by atoms with E-state index in [1.54, 1.807) is 0 Å². The van der Waals surface area contributed by atoms with Crippen molar-refractivity contribution in [2.75, 3.05) is 12.4 Å². The maximum absolute atomic E-state index is 12.7. The average molecular weight is 338 g/mol. The van der Waals surface area contributed by atoms with E-state index in [4.69, 9.17) is 27.9 Å². The minimum atomic E-state index is -4.51. The topological polar surface area (TPSA) is 47.0 Å². The van der Waals surface area contributed by atoms with E-state index >= 15 is 0 Å². The van der Waals surface area contributed by atoms with E-state index in [-0.39, 0.29) is 27.4 Å². The normalized spacial score (nSPS) is 11.3. The monoisotopic (exact) mass is 337 g/mol. The van der Waals surface area contributed by atoms with Crippen LogP contribution >= 0.6 is 23.2 Å².